The van der Waals surface area contributed by atoms with E-state index in [0.717, 1.165) is 0 Å². The molecule has 0 spiro atoms. The number of hydrogen-bond donors (Lipinski definition) is 0. The SMILES string of the molecule is CCOC(=O)c1cn(CCO[Si](C)(C)C(C)(C)C)c2ncc(Br)cc2c1=O. The molecule has 6 nitrogen and oxygen atoms in total. The molecule has 0 aliphatic carbocycles. The largest absolute Gasteiger partial charge is 0.462 e. The topological polar surface area (TPSA) is 70.4 Å². The maximum absolute atomic E-state index is 12.7. The minimum atomic E-state index is -1.89. The first-order chi connectivity index (χ1) is 12.5. The van der Waals surface area contributed by atoms with Crippen molar-refractivity contribution in [2.45, 2.75) is 52.4 Å². The van der Waals surface area contributed by atoms with Gasteiger partial charge in [-0.2, -0.15) is 0 Å². The number of aromatic nitrogens is 2. The predicted molar refractivity (Wildman–Crippen MR) is 113 cm³/mol. The van der Waals surface area contributed by atoms with Crippen LogP contribution in [0.15, 0.2) is 27.7 Å². The summed E-state index contributed by atoms with van der Waals surface area (Å²) in [6.07, 6.45) is 3.16. The number of halogens is 1. The van der Waals surface area contributed by atoms with Crippen molar-refractivity contribution in [2.75, 3.05) is 13.2 Å². The molecule has 2 heterocycles. The molecule has 0 unspecified atom stereocenters. The van der Waals surface area contributed by atoms with Crippen LogP contribution in [-0.2, 0) is 15.7 Å². The second-order valence-electron chi connectivity index (χ2n) is 7.92. The highest BCUT2D eigenvalue weighted by Crippen LogP contribution is 2.36. The van der Waals surface area contributed by atoms with Crippen molar-refractivity contribution in [3.05, 3.63) is 38.7 Å². The van der Waals surface area contributed by atoms with E-state index in [4.69, 9.17) is 9.16 Å². The van der Waals surface area contributed by atoms with Crippen molar-refractivity contribution in [1.82, 2.24) is 9.55 Å². The second kappa shape index (κ2) is 8.24. The van der Waals surface area contributed by atoms with E-state index in [0.29, 0.717) is 28.7 Å². The van der Waals surface area contributed by atoms with E-state index in [1.807, 2.05) is 0 Å². The maximum Gasteiger partial charge on any atom is 0.343 e. The number of rotatable bonds is 6. The van der Waals surface area contributed by atoms with Gasteiger partial charge in [0.25, 0.3) is 0 Å². The van der Waals surface area contributed by atoms with Gasteiger partial charge in [-0.25, -0.2) is 9.78 Å². The van der Waals surface area contributed by atoms with Crippen LogP contribution in [0.5, 0.6) is 0 Å². The van der Waals surface area contributed by atoms with Gasteiger partial charge in [0.15, 0.2) is 8.32 Å². The Kier molecular flexibility index (Phi) is 6.65. The standard InChI is InChI=1S/C19H27BrN2O4Si/c1-7-25-18(24)15-12-22(8-9-26-27(5,6)19(2,3)4)17-14(16(15)23)10-13(20)11-21-17/h10-12H,7-9H2,1-6H3. The second-order valence-corrected chi connectivity index (χ2v) is 13.6. The average Bonchev–Trinajstić information content (AvgIpc) is 2.56. The van der Waals surface area contributed by atoms with Gasteiger partial charge in [0.2, 0.25) is 5.43 Å². The van der Waals surface area contributed by atoms with E-state index in [9.17, 15) is 9.59 Å². The van der Waals surface area contributed by atoms with E-state index in [-0.39, 0.29) is 22.6 Å². The minimum Gasteiger partial charge on any atom is -0.462 e. The van der Waals surface area contributed by atoms with Crippen LogP contribution in [0.25, 0.3) is 11.0 Å². The first-order valence-electron chi connectivity index (χ1n) is 8.97. The Morgan fingerprint density at radius 3 is 2.59 bits per heavy atom. The average molecular weight is 455 g/mol. The van der Waals surface area contributed by atoms with Gasteiger partial charge >= 0.3 is 5.97 Å². The molecule has 0 aliphatic heterocycles. The lowest BCUT2D eigenvalue weighted by Gasteiger charge is -2.36. The van der Waals surface area contributed by atoms with Crippen LogP contribution in [0, 0.1) is 0 Å². The van der Waals surface area contributed by atoms with E-state index in [1.165, 1.54) is 6.20 Å². The molecule has 0 amide bonds. The molecule has 148 valence electrons. The van der Waals surface area contributed by atoms with Gasteiger partial charge in [-0.05, 0) is 47.1 Å². The number of nitrogens with zero attached hydrogens (tertiary/aromatic N) is 2. The number of pyridine rings is 2. The zero-order chi connectivity index (χ0) is 20.4. The smallest absolute Gasteiger partial charge is 0.343 e. The van der Waals surface area contributed by atoms with Crippen LogP contribution in [0.4, 0.5) is 0 Å². The zero-order valence-electron chi connectivity index (χ0n) is 16.8. The van der Waals surface area contributed by atoms with Crippen molar-refractivity contribution in [2.24, 2.45) is 0 Å². The maximum atomic E-state index is 12.7. The van der Waals surface area contributed by atoms with E-state index >= 15 is 0 Å². The van der Waals surface area contributed by atoms with Crippen LogP contribution in [0.1, 0.15) is 38.1 Å². The van der Waals surface area contributed by atoms with Gasteiger partial charge in [0, 0.05) is 23.4 Å². The number of esters is 1. The summed E-state index contributed by atoms with van der Waals surface area (Å²) in [5, 5.41) is 0.486. The lowest BCUT2D eigenvalue weighted by Crippen LogP contribution is -2.41. The van der Waals surface area contributed by atoms with Crippen LogP contribution < -0.4 is 5.43 Å². The van der Waals surface area contributed by atoms with Gasteiger partial charge in [-0.1, -0.05) is 20.8 Å². The molecule has 0 bridgehead atoms. The molecule has 2 aromatic rings. The number of carbonyl (C=O) groups is 1. The summed E-state index contributed by atoms with van der Waals surface area (Å²) in [6.45, 7) is 13.8. The fourth-order valence-corrected chi connectivity index (χ4v) is 3.75. The van der Waals surface area contributed by atoms with Crippen molar-refractivity contribution in [1.29, 1.82) is 0 Å². The molecule has 0 atom stereocenters. The third kappa shape index (κ3) is 4.86. The lowest BCUT2D eigenvalue weighted by molar-refractivity contribution is 0.0524. The number of ether oxygens (including phenoxy) is 1. The Morgan fingerprint density at radius 1 is 1.33 bits per heavy atom. The van der Waals surface area contributed by atoms with Gasteiger partial charge in [0.05, 0.1) is 18.6 Å². The first-order valence-corrected chi connectivity index (χ1v) is 12.7. The van der Waals surface area contributed by atoms with E-state index in [1.54, 1.807) is 23.8 Å². The predicted octanol–water partition coefficient (Wildman–Crippen LogP) is 4.36. The van der Waals surface area contributed by atoms with Gasteiger partial charge in [-0.15, -0.1) is 0 Å². The summed E-state index contributed by atoms with van der Waals surface area (Å²) < 4.78 is 13.7. The molecular weight excluding hydrogens is 428 g/mol. The Morgan fingerprint density at radius 2 is 2.00 bits per heavy atom. The first kappa shape index (κ1) is 21.8. The van der Waals surface area contributed by atoms with Crippen molar-refractivity contribution >= 4 is 41.3 Å². The molecular formula is C19H27BrN2O4Si. The number of fused-ring (bicyclic) bond motifs is 1. The van der Waals surface area contributed by atoms with Gasteiger partial charge in [-0.3, -0.25) is 4.79 Å². The van der Waals surface area contributed by atoms with E-state index in [2.05, 4.69) is 54.8 Å². The molecule has 0 aromatic carbocycles. The summed E-state index contributed by atoms with van der Waals surface area (Å²) in [5.41, 5.74) is 0.158. The Bertz CT molecular complexity index is 903. The third-order valence-corrected chi connectivity index (χ3v) is 9.95. The summed E-state index contributed by atoms with van der Waals surface area (Å²) in [6, 6.07) is 1.68. The summed E-state index contributed by atoms with van der Waals surface area (Å²) in [4.78, 5) is 29.3. The highest BCUT2D eigenvalue weighted by atomic mass is 79.9. The molecule has 2 rings (SSSR count). The van der Waals surface area contributed by atoms with Crippen molar-refractivity contribution in [3.63, 3.8) is 0 Å². The van der Waals surface area contributed by atoms with Crippen LogP contribution in [-0.4, -0.2) is 37.1 Å². The van der Waals surface area contributed by atoms with Crippen LogP contribution in [0.2, 0.25) is 18.1 Å². The minimum absolute atomic E-state index is 0.0107. The van der Waals surface area contributed by atoms with Crippen molar-refractivity contribution in [3.8, 4) is 0 Å². The number of carbonyl (C=O) groups excluding carboxylic acids is 1. The monoisotopic (exact) mass is 454 g/mol. The molecule has 0 saturated heterocycles. The fourth-order valence-electron chi connectivity index (χ4n) is 2.39. The van der Waals surface area contributed by atoms with Crippen LogP contribution in [0.3, 0.4) is 0 Å². The molecule has 0 fully saturated rings. The summed E-state index contributed by atoms with van der Waals surface area (Å²) in [5.74, 6) is -0.622. The molecule has 0 radical (unpaired) electrons. The highest BCUT2D eigenvalue weighted by molar-refractivity contribution is 9.10. The van der Waals surface area contributed by atoms with Gasteiger partial charge in [0.1, 0.15) is 11.2 Å². The normalized spacial score (nSPS) is 12.4. The quantitative estimate of drug-likeness (QED) is 0.478. The Hall–Kier alpha value is -1.51. The Labute approximate surface area is 169 Å². The third-order valence-electron chi connectivity index (χ3n) is 4.98. The highest BCUT2D eigenvalue weighted by Gasteiger charge is 2.36. The molecule has 2 aromatic heterocycles. The fraction of sp³-hybridized carbons (Fsp3) is 0.526. The summed E-state index contributed by atoms with van der Waals surface area (Å²) in [7, 11) is -1.89. The molecule has 0 saturated carbocycles. The van der Waals surface area contributed by atoms with Gasteiger partial charge < -0.3 is 13.7 Å². The Balaban J connectivity index is 2.42. The molecule has 8 heteroatoms. The van der Waals surface area contributed by atoms with E-state index < -0.39 is 14.3 Å². The van der Waals surface area contributed by atoms with Crippen LogP contribution >= 0.6 is 15.9 Å². The molecule has 27 heavy (non-hydrogen) atoms. The lowest BCUT2D eigenvalue weighted by atomic mass is 10.2. The number of hydrogen-bond acceptors (Lipinski definition) is 5. The molecule has 0 N–H and O–H groups in total. The molecule has 0 aliphatic rings. The zero-order valence-corrected chi connectivity index (χ0v) is 19.3. The van der Waals surface area contributed by atoms with Crippen molar-refractivity contribution < 1.29 is 14.0 Å². The summed E-state index contributed by atoms with van der Waals surface area (Å²) >= 11 is 3.34.